The maximum atomic E-state index is 13.0. The van der Waals surface area contributed by atoms with Crippen molar-refractivity contribution in [1.29, 1.82) is 0 Å². The summed E-state index contributed by atoms with van der Waals surface area (Å²) in [5.74, 6) is -1.44. The summed E-state index contributed by atoms with van der Waals surface area (Å²) in [4.78, 5) is 11.3. The van der Waals surface area contributed by atoms with E-state index in [0.717, 1.165) is 0 Å². The molecule has 1 fully saturated rings. The van der Waals surface area contributed by atoms with Crippen LogP contribution in [0.25, 0.3) is 0 Å². The lowest BCUT2D eigenvalue weighted by Gasteiger charge is -2.04. The predicted octanol–water partition coefficient (Wildman–Crippen LogP) is 3.23. The van der Waals surface area contributed by atoms with Crippen LogP contribution in [0.15, 0.2) is 53.4 Å². The topological polar surface area (TPSA) is 51.2 Å². The molecule has 1 aliphatic rings. The fraction of sp³-hybridized carbons (Fsp3) is 0.188. The number of hydrogen-bond acceptors (Lipinski definition) is 3. The van der Waals surface area contributed by atoms with E-state index in [-0.39, 0.29) is 4.90 Å². The van der Waals surface area contributed by atoms with E-state index in [1.807, 2.05) is 0 Å². The van der Waals surface area contributed by atoms with Crippen molar-refractivity contribution in [2.24, 2.45) is 5.92 Å². The Morgan fingerprint density at radius 1 is 1.00 bits per heavy atom. The molecular formula is C16H12ClFO3S. The Morgan fingerprint density at radius 3 is 2.14 bits per heavy atom. The SMILES string of the molecule is O=C[C@H]1[C@H](c2ccc(F)cc2)[C@@H]1S(=O)(=O)c1ccc(Cl)cc1. The first-order valence-corrected chi connectivity index (χ1v) is 8.58. The van der Waals surface area contributed by atoms with Crippen LogP contribution in [0.1, 0.15) is 11.5 Å². The van der Waals surface area contributed by atoms with Crippen molar-refractivity contribution in [3.05, 3.63) is 64.9 Å². The van der Waals surface area contributed by atoms with Crippen molar-refractivity contribution in [2.45, 2.75) is 16.1 Å². The molecule has 3 nitrogen and oxygen atoms in total. The smallest absolute Gasteiger partial charge is 0.182 e. The quantitative estimate of drug-likeness (QED) is 0.804. The average molecular weight is 339 g/mol. The summed E-state index contributed by atoms with van der Waals surface area (Å²) < 4.78 is 38.3. The van der Waals surface area contributed by atoms with E-state index in [1.54, 1.807) is 0 Å². The van der Waals surface area contributed by atoms with Gasteiger partial charge >= 0.3 is 0 Å². The first-order valence-electron chi connectivity index (χ1n) is 6.65. The molecule has 6 heteroatoms. The molecular weight excluding hydrogens is 327 g/mol. The van der Waals surface area contributed by atoms with Gasteiger partial charge in [0.25, 0.3) is 0 Å². The van der Waals surface area contributed by atoms with Crippen LogP contribution in [-0.2, 0) is 14.6 Å². The number of hydrogen-bond donors (Lipinski definition) is 0. The minimum Gasteiger partial charge on any atom is -0.303 e. The molecule has 0 amide bonds. The summed E-state index contributed by atoms with van der Waals surface area (Å²) >= 11 is 5.77. The number of sulfone groups is 1. The van der Waals surface area contributed by atoms with Crippen molar-refractivity contribution < 1.29 is 17.6 Å². The number of benzene rings is 2. The van der Waals surface area contributed by atoms with Gasteiger partial charge in [0.15, 0.2) is 9.84 Å². The maximum absolute atomic E-state index is 13.0. The minimum atomic E-state index is -3.63. The number of rotatable bonds is 4. The van der Waals surface area contributed by atoms with Crippen molar-refractivity contribution in [1.82, 2.24) is 0 Å². The molecule has 0 heterocycles. The monoisotopic (exact) mass is 338 g/mol. The summed E-state index contributed by atoms with van der Waals surface area (Å²) in [5.41, 5.74) is 0.654. The number of halogens is 2. The van der Waals surface area contributed by atoms with Crippen LogP contribution in [0, 0.1) is 11.7 Å². The largest absolute Gasteiger partial charge is 0.303 e. The van der Waals surface area contributed by atoms with Gasteiger partial charge in [0.2, 0.25) is 0 Å². The molecule has 0 aromatic heterocycles. The van der Waals surface area contributed by atoms with Gasteiger partial charge in [-0.2, -0.15) is 0 Å². The molecule has 0 saturated heterocycles. The van der Waals surface area contributed by atoms with Gasteiger partial charge in [0.1, 0.15) is 12.1 Å². The van der Waals surface area contributed by atoms with Crippen LogP contribution >= 0.6 is 11.6 Å². The van der Waals surface area contributed by atoms with Gasteiger partial charge in [-0.3, -0.25) is 0 Å². The zero-order valence-corrected chi connectivity index (χ0v) is 12.9. The van der Waals surface area contributed by atoms with Gasteiger partial charge in [-0.15, -0.1) is 0 Å². The van der Waals surface area contributed by atoms with Crippen molar-refractivity contribution in [3.63, 3.8) is 0 Å². The Kier molecular flexibility index (Phi) is 3.78. The third-order valence-corrected chi connectivity index (χ3v) is 6.42. The van der Waals surface area contributed by atoms with E-state index in [1.165, 1.54) is 48.5 Å². The third kappa shape index (κ3) is 2.55. The lowest BCUT2D eigenvalue weighted by molar-refractivity contribution is -0.108. The van der Waals surface area contributed by atoms with E-state index in [0.29, 0.717) is 16.9 Å². The molecule has 0 unspecified atom stereocenters. The van der Waals surface area contributed by atoms with E-state index in [9.17, 15) is 17.6 Å². The summed E-state index contributed by atoms with van der Waals surface area (Å²) in [6.45, 7) is 0. The summed E-state index contributed by atoms with van der Waals surface area (Å²) in [6.07, 6.45) is 0.659. The first kappa shape index (κ1) is 15.2. The van der Waals surface area contributed by atoms with Crippen molar-refractivity contribution in [3.8, 4) is 0 Å². The second kappa shape index (κ2) is 5.48. The zero-order chi connectivity index (χ0) is 15.9. The second-order valence-electron chi connectivity index (χ2n) is 5.25. The van der Waals surface area contributed by atoms with E-state index >= 15 is 0 Å². The second-order valence-corrected chi connectivity index (χ2v) is 7.80. The number of carbonyl (C=O) groups excluding carboxylic acids is 1. The van der Waals surface area contributed by atoms with Gasteiger partial charge in [0, 0.05) is 16.9 Å². The minimum absolute atomic E-state index is 0.137. The molecule has 3 atom stereocenters. The van der Waals surface area contributed by atoms with E-state index < -0.39 is 32.7 Å². The summed E-state index contributed by atoms with van der Waals surface area (Å²) in [5, 5.41) is -0.367. The molecule has 2 aromatic rings. The Labute approximate surface area is 132 Å². The molecule has 0 N–H and O–H groups in total. The normalized spacial score (nSPS) is 24.0. The van der Waals surface area contributed by atoms with Crippen molar-refractivity contribution >= 4 is 27.7 Å². The molecule has 2 aromatic carbocycles. The van der Waals surface area contributed by atoms with Crippen LogP contribution in [-0.4, -0.2) is 20.0 Å². The molecule has 0 bridgehead atoms. The van der Waals surface area contributed by atoms with Gasteiger partial charge in [0.05, 0.1) is 10.1 Å². The predicted molar refractivity (Wildman–Crippen MR) is 81.1 cm³/mol. The fourth-order valence-corrected chi connectivity index (χ4v) is 4.98. The Morgan fingerprint density at radius 2 is 1.59 bits per heavy atom. The van der Waals surface area contributed by atoms with Crippen LogP contribution in [0.2, 0.25) is 5.02 Å². The highest BCUT2D eigenvalue weighted by molar-refractivity contribution is 7.92. The summed E-state index contributed by atoms with van der Waals surface area (Å²) in [6, 6.07) is 11.4. The molecule has 0 radical (unpaired) electrons. The first-order chi connectivity index (χ1) is 10.4. The Balaban J connectivity index is 1.95. The van der Waals surface area contributed by atoms with Crippen LogP contribution in [0.5, 0.6) is 0 Å². The molecule has 1 aliphatic carbocycles. The molecule has 0 aliphatic heterocycles. The van der Waals surface area contributed by atoms with Gasteiger partial charge < -0.3 is 4.79 Å². The zero-order valence-electron chi connectivity index (χ0n) is 11.3. The highest BCUT2D eigenvalue weighted by Crippen LogP contribution is 2.52. The molecule has 0 spiro atoms. The highest BCUT2D eigenvalue weighted by atomic mass is 35.5. The number of carbonyl (C=O) groups is 1. The Hall–Kier alpha value is -1.72. The maximum Gasteiger partial charge on any atom is 0.182 e. The van der Waals surface area contributed by atoms with Gasteiger partial charge in [-0.05, 0) is 42.0 Å². The van der Waals surface area contributed by atoms with E-state index in [4.69, 9.17) is 11.6 Å². The third-order valence-electron chi connectivity index (χ3n) is 3.92. The highest BCUT2D eigenvalue weighted by Gasteiger charge is 2.59. The standard InChI is InChI=1S/C16H12ClFO3S/c17-11-3-7-13(8-4-11)22(20,21)16-14(9-19)15(16)10-1-5-12(18)6-2-10/h1-9,14-16H/t14-,15-,16+/m0/s1. The van der Waals surface area contributed by atoms with Crippen molar-refractivity contribution in [2.75, 3.05) is 0 Å². The molecule has 114 valence electrons. The fourth-order valence-electron chi connectivity index (χ4n) is 2.75. The molecule has 22 heavy (non-hydrogen) atoms. The van der Waals surface area contributed by atoms with Crippen LogP contribution < -0.4 is 0 Å². The molecule has 1 saturated carbocycles. The van der Waals surface area contributed by atoms with Crippen LogP contribution in [0.4, 0.5) is 4.39 Å². The lowest BCUT2D eigenvalue weighted by atomic mass is 10.1. The van der Waals surface area contributed by atoms with Gasteiger partial charge in [-0.25, -0.2) is 12.8 Å². The lowest BCUT2D eigenvalue weighted by Crippen LogP contribution is -2.11. The van der Waals surface area contributed by atoms with Gasteiger partial charge in [-0.1, -0.05) is 23.7 Å². The average Bonchev–Trinajstić information content (AvgIpc) is 3.24. The van der Waals surface area contributed by atoms with Crippen LogP contribution in [0.3, 0.4) is 0 Å². The summed E-state index contributed by atoms with van der Waals surface area (Å²) in [7, 11) is -3.63. The Bertz CT molecular complexity index is 800. The number of aldehydes is 1. The van der Waals surface area contributed by atoms with E-state index in [2.05, 4.69) is 0 Å². The molecule has 3 rings (SSSR count).